The molecule has 0 bridgehead atoms. The summed E-state index contributed by atoms with van der Waals surface area (Å²) in [6.45, 7) is 0. The number of halogens is 2. The highest BCUT2D eigenvalue weighted by molar-refractivity contribution is 6.18. The third kappa shape index (κ3) is 3.03. The normalized spacial score (nSPS) is 20.1. The average molecular weight is 189 g/mol. The Kier molecular flexibility index (Phi) is 5.39. The van der Waals surface area contributed by atoms with Gasteiger partial charge >= 0.3 is 0 Å². The first-order chi connectivity index (χ1) is 4.63. The van der Waals surface area contributed by atoms with Crippen molar-refractivity contribution in [3.63, 3.8) is 0 Å². The van der Waals surface area contributed by atoms with Gasteiger partial charge in [0, 0.05) is 0 Å². The first kappa shape index (κ1) is 10.5. The topological polar surface area (TPSA) is 60.7 Å². The fraction of sp³-hybridized carbons (Fsp3) is 1.00. The highest BCUT2D eigenvalue weighted by Crippen LogP contribution is 2.03. The summed E-state index contributed by atoms with van der Waals surface area (Å²) in [7, 11) is 0. The van der Waals surface area contributed by atoms with Gasteiger partial charge < -0.3 is 15.3 Å². The molecule has 0 aliphatic heterocycles. The first-order valence-corrected chi connectivity index (χ1v) is 3.86. The number of rotatable bonds is 4. The molecule has 0 radical (unpaired) electrons. The maximum Gasteiger partial charge on any atom is 0.108 e. The summed E-state index contributed by atoms with van der Waals surface area (Å²) < 4.78 is 0. The van der Waals surface area contributed by atoms with Gasteiger partial charge in [-0.2, -0.15) is 0 Å². The van der Waals surface area contributed by atoms with Crippen molar-refractivity contribution in [1.29, 1.82) is 0 Å². The van der Waals surface area contributed by atoms with Crippen molar-refractivity contribution < 1.29 is 15.3 Å². The van der Waals surface area contributed by atoms with Crippen LogP contribution >= 0.6 is 23.2 Å². The maximum atomic E-state index is 8.92. The van der Waals surface area contributed by atoms with E-state index in [2.05, 4.69) is 0 Å². The molecular weight excluding hydrogens is 179 g/mol. The maximum absolute atomic E-state index is 8.92. The summed E-state index contributed by atoms with van der Waals surface area (Å²) in [5.74, 6) is -0.232. The second-order valence-electron chi connectivity index (χ2n) is 1.93. The van der Waals surface area contributed by atoms with E-state index >= 15 is 0 Å². The summed E-state index contributed by atoms with van der Waals surface area (Å²) in [5.41, 5.74) is 0. The van der Waals surface area contributed by atoms with Crippen LogP contribution in [0.4, 0.5) is 0 Å². The van der Waals surface area contributed by atoms with E-state index in [9.17, 15) is 0 Å². The van der Waals surface area contributed by atoms with Crippen LogP contribution in [-0.4, -0.2) is 45.4 Å². The molecule has 0 spiro atoms. The smallest absolute Gasteiger partial charge is 0.108 e. The Morgan fingerprint density at radius 1 is 0.900 bits per heavy atom. The molecule has 0 heterocycles. The van der Waals surface area contributed by atoms with Crippen LogP contribution in [0.1, 0.15) is 0 Å². The van der Waals surface area contributed by atoms with E-state index in [1.54, 1.807) is 0 Å². The van der Waals surface area contributed by atoms with Gasteiger partial charge in [-0.15, -0.1) is 23.2 Å². The van der Waals surface area contributed by atoms with Crippen molar-refractivity contribution in [3.05, 3.63) is 0 Å². The number of aliphatic hydroxyl groups excluding tert-OH is 3. The zero-order chi connectivity index (χ0) is 8.15. The Balaban J connectivity index is 3.69. The van der Waals surface area contributed by atoms with E-state index < -0.39 is 18.3 Å². The van der Waals surface area contributed by atoms with Crippen LogP contribution in [0.5, 0.6) is 0 Å². The predicted molar refractivity (Wildman–Crippen MR) is 39.5 cm³/mol. The third-order valence-corrected chi connectivity index (χ3v) is 1.74. The first-order valence-electron chi connectivity index (χ1n) is 2.79. The summed E-state index contributed by atoms with van der Waals surface area (Å²) in [6.07, 6.45) is -3.49. The minimum atomic E-state index is -1.25. The lowest BCUT2D eigenvalue weighted by molar-refractivity contribution is -0.0410. The molecule has 0 aromatic rings. The molecule has 10 heavy (non-hydrogen) atoms. The molecule has 3 N–H and O–H groups in total. The van der Waals surface area contributed by atoms with Gasteiger partial charge in [0.1, 0.15) is 6.10 Å². The van der Waals surface area contributed by atoms with Crippen LogP contribution in [0.3, 0.4) is 0 Å². The van der Waals surface area contributed by atoms with Crippen LogP contribution < -0.4 is 0 Å². The van der Waals surface area contributed by atoms with Crippen LogP contribution in [0.2, 0.25) is 0 Å². The Morgan fingerprint density at radius 2 is 1.20 bits per heavy atom. The minimum absolute atomic E-state index is 0.116. The van der Waals surface area contributed by atoms with Gasteiger partial charge in [0.15, 0.2) is 0 Å². The van der Waals surface area contributed by atoms with Gasteiger partial charge in [-0.3, -0.25) is 0 Å². The number of hydrogen-bond donors (Lipinski definition) is 3. The molecule has 0 aromatic heterocycles. The molecule has 0 saturated heterocycles. The van der Waals surface area contributed by atoms with Crippen molar-refractivity contribution in [1.82, 2.24) is 0 Å². The Labute approximate surface area is 69.2 Å². The Bertz CT molecular complexity index is 81.0. The van der Waals surface area contributed by atoms with Gasteiger partial charge in [-0.05, 0) is 0 Å². The van der Waals surface area contributed by atoms with Crippen LogP contribution in [0.25, 0.3) is 0 Å². The standard InChI is InChI=1S/C5H10Cl2O3/c6-1-3(8)5(10)4(9)2-7/h3-5,8-10H,1-2H2. The predicted octanol–water partition coefficient (Wildman–Crippen LogP) is -0.453. The van der Waals surface area contributed by atoms with Crippen LogP contribution in [-0.2, 0) is 0 Å². The lowest BCUT2D eigenvalue weighted by atomic mass is 10.1. The van der Waals surface area contributed by atoms with E-state index in [0.717, 1.165) is 0 Å². The van der Waals surface area contributed by atoms with E-state index in [1.807, 2.05) is 0 Å². The summed E-state index contributed by atoms with van der Waals surface area (Å²) in [6, 6.07) is 0. The summed E-state index contributed by atoms with van der Waals surface area (Å²) in [5, 5.41) is 26.6. The highest BCUT2D eigenvalue weighted by atomic mass is 35.5. The lowest BCUT2D eigenvalue weighted by Crippen LogP contribution is -2.39. The number of hydrogen-bond acceptors (Lipinski definition) is 3. The fourth-order valence-electron chi connectivity index (χ4n) is 0.439. The van der Waals surface area contributed by atoms with Gasteiger partial charge in [0.05, 0.1) is 24.0 Å². The fourth-order valence-corrected chi connectivity index (χ4v) is 0.804. The molecule has 5 heteroatoms. The Morgan fingerprint density at radius 3 is 1.40 bits per heavy atom. The van der Waals surface area contributed by atoms with Gasteiger partial charge in [0.2, 0.25) is 0 Å². The third-order valence-electron chi connectivity index (χ3n) is 1.10. The zero-order valence-corrected chi connectivity index (χ0v) is 6.76. The second-order valence-corrected chi connectivity index (χ2v) is 2.55. The highest BCUT2D eigenvalue weighted by Gasteiger charge is 2.22. The molecule has 0 aliphatic carbocycles. The average Bonchev–Trinajstić information content (AvgIpc) is 2.00. The molecule has 0 fully saturated rings. The molecule has 2 unspecified atom stereocenters. The molecular formula is C5H10Cl2O3. The van der Waals surface area contributed by atoms with Crippen molar-refractivity contribution >= 4 is 23.2 Å². The van der Waals surface area contributed by atoms with Crippen LogP contribution in [0.15, 0.2) is 0 Å². The van der Waals surface area contributed by atoms with E-state index in [4.69, 9.17) is 38.5 Å². The number of aliphatic hydroxyl groups is 3. The summed E-state index contributed by atoms with van der Waals surface area (Å²) in [4.78, 5) is 0. The lowest BCUT2D eigenvalue weighted by Gasteiger charge is -2.18. The Hall–Kier alpha value is 0.460. The van der Waals surface area contributed by atoms with Crippen molar-refractivity contribution in [2.75, 3.05) is 11.8 Å². The molecule has 0 saturated carbocycles. The van der Waals surface area contributed by atoms with Crippen LogP contribution in [0, 0.1) is 0 Å². The van der Waals surface area contributed by atoms with E-state index in [1.165, 1.54) is 0 Å². The van der Waals surface area contributed by atoms with E-state index in [0.29, 0.717) is 0 Å². The molecule has 0 amide bonds. The largest absolute Gasteiger partial charge is 0.389 e. The molecule has 62 valence electrons. The van der Waals surface area contributed by atoms with Gasteiger partial charge in [-0.1, -0.05) is 0 Å². The SMILES string of the molecule is OC(CCl)C(O)C(O)CCl. The monoisotopic (exact) mass is 188 g/mol. The molecule has 0 aromatic carbocycles. The van der Waals surface area contributed by atoms with Gasteiger partial charge in [-0.25, -0.2) is 0 Å². The zero-order valence-electron chi connectivity index (χ0n) is 5.24. The minimum Gasteiger partial charge on any atom is -0.389 e. The van der Waals surface area contributed by atoms with Gasteiger partial charge in [0.25, 0.3) is 0 Å². The van der Waals surface area contributed by atoms with Crippen molar-refractivity contribution in [3.8, 4) is 0 Å². The van der Waals surface area contributed by atoms with E-state index in [-0.39, 0.29) is 11.8 Å². The molecule has 0 aliphatic rings. The number of alkyl halides is 2. The summed E-state index contributed by atoms with van der Waals surface area (Å²) >= 11 is 10.4. The molecule has 3 nitrogen and oxygen atoms in total. The van der Waals surface area contributed by atoms with Crippen molar-refractivity contribution in [2.45, 2.75) is 18.3 Å². The molecule has 0 rings (SSSR count). The quantitative estimate of drug-likeness (QED) is 0.524. The second kappa shape index (κ2) is 5.16. The van der Waals surface area contributed by atoms with Crippen molar-refractivity contribution in [2.24, 2.45) is 0 Å². The molecule has 2 atom stereocenters.